The Balaban J connectivity index is 1.73. The standard InChI is InChI=1S/C20H28Cl2O12/c1-6-11(21)7(30-2)3-8(12(6)22)32-20-18(29)16(27)14(25)10(34-20)5-31-19-17(28)15(26)13(24)9(4-23)33-19/h3,9-10,13-20,23-29H,4-5H2,1-2H3/t9-,10+,13-,14-,15+,16+,17+,18+,19+,20-/m1/s1. The lowest BCUT2D eigenvalue weighted by Crippen LogP contribution is -2.62. The fourth-order valence-corrected chi connectivity index (χ4v) is 4.09. The van der Waals surface area contributed by atoms with Crippen LogP contribution in [-0.2, 0) is 14.2 Å². The van der Waals surface area contributed by atoms with Crippen molar-refractivity contribution < 1.29 is 59.4 Å². The van der Waals surface area contributed by atoms with Crippen molar-refractivity contribution in [1.82, 2.24) is 0 Å². The zero-order valence-corrected chi connectivity index (χ0v) is 19.7. The highest BCUT2D eigenvalue weighted by Gasteiger charge is 2.48. The van der Waals surface area contributed by atoms with Crippen LogP contribution in [0.4, 0.5) is 0 Å². The van der Waals surface area contributed by atoms with Crippen molar-refractivity contribution in [2.75, 3.05) is 20.3 Å². The van der Waals surface area contributed by atoms with Gasteiger partial charge in [0.05, 0.1) is 30.4 Å². The normalized spacial score (nSPS) is 38.6. The van der Waals surface area contributed by atoms with Gasteiger partial charge in [-0.3, -0.25) is 0 Å². The van der Waals surface area contributed by atoms with Gasteiger partial charge in [0.25, 0.3) is 0 Å². The molecule has 2 aliphatic rings. The highest BCUT2D eigenvalue weighted by molar-refractivity contribution is 6.37. The summed E-state index contributed by atoms with van der Waals surface area (Å²) in [7, 11) is 1.39. The molecule has 2 fully saturated rings. The monoisotopic (exact) mass is 530 g/mol. The van der Waals surface area contributed by atoms with Crippen LogP contribution in [-0.4, -0.2) is 117 Å². The van der Waals surface area contributed by atoms with Gasteiger partial charge in [-0.2, -0.15) is 0 Å². The van der Waals surface area contributed by atoms with Gasteiger partial charge >= 0.3 is 0 Å². The number of benzene rings is 1. The van der Waals surface area contributed by atoms with Crippen LogP contribution in [0.2, 0.25) is 10.0 Å². The summed E-state index contributed by atoms with van der Waals surface area (Å²) in [6.45, 7) is 0.469. The molecule has 1 aromatic rings. The maximum atomic E-state index is 10.4. The molecule has 0 unspecified atom stereocenters. The van der Waals surface area contributed by atoms with Crippen molar-refractivity contribution in [1.29, 1.82) is 0 Å². The number of methoxy groups -OCH3 is 1. The third-order valence-corrected chi connectivity index (χ3v) is 6.70. The number of aliphatic hydroxyl groups excluding tert-OH is 7. The second kappa shape index (κ2) is 11.4. The van der Waals surface area contributed by atoms with E-state index in [1.807, 2.05) is 0 Å². The molecule has 34 heavy (non-hydrogen) atoms. The Kier molecular flexibility index (Phi) is 9.23. The Hall–Kier alpha value is -1.00. The Bertz CT molecular complexity index is 842. The molecular weight excluding hydrogens is 503 g/mol. The Labute approximate surface area is 204 Å². The number of rotatable bonds is 7. The molecular formula is C20H28Cl2O12. The SMILES string of the molecule is COc1cc(O[C@@H]2O[C@@H](CO[C@H]3O[C@H](CO)[C@@H](O)[C@H](O)[C@@H]3O)[C@@H](O)[C@H](O)[C@@H]2O)c(Cl)c(C)c1Cl. The molecule has 0 amide bonds. The number of aliphatic hydroxyl groups is 7. The van der Waals surface area contributed by atoms with Gasteiger partial charge in [-0.15, -0.1) is 0 Å². The molecule has 3 rings (SSSR count). The van der Waals surface area contributed by atoms with E-state index in [0.29, 0.717) is 5.56 Å². The molecule has 14 heteroatoms. The van der Waals surface area contributed by atoms with Gasteiger partial charge in [0.15, 0.2) is 6.29 Å². The largest absolute Gasteiger partial charge is 0.495 e. The van der Waals surface area contributed by atoms with E-state index in [0.717, 1.165) is 0 Å². The van der Waals surface area contributed by atoms with E-state index in [1.54, 1.807) is 6.92 Å². The molecule has 12 nitrogen and oxygen atoms in total. The third-order valence-electron chi connectivity index (χ3n) is 5.76. The molecule has 0 bridgehead atoms. The van der Waals surface area contributed by atoms with Gasteiger partial charge < -0.3 is 59.4 Å². The number of ether oxygens (including phenoxy) is 5. The first kappa shape index (κ1) is 27.6. The predicted octanol–water partition coefficient (Wildman–Crippen LogP) is -1.69. The second-order valence-electron chi connectivity index (χ2n) is 7.99. The number of halogens is 2. The van der Waals surface area contributed by atoms with E-state index in [4.69, 9.17) is 46.9 Å². The Morgan fingerprint density at radius 3 is 1.91 bits per heavy atom. The smallest absolute Gasteiger partial charge is 0.229 e. The molecule has 2 aliphatic heterocycles. The third kappa shape index (κ3) is 5.38. The molecule has 1 aromatic carbocycles. The molecule has 0 aliphatic carbocycles. The second-order valence-corrected chi connectivity index (χ2v) is 8.75. The highest BCUT2D eigenvalue weighted by atomic mass is 35.5. The minimum absolute atomic E-state index is 0.0293. The summed E-state index contributed by atoms with van der Waals surface area (Å²) in [5, 5.41) is 70.4. The highest BCUT2D eigenvalue weighted by Crippen LogP contribution is 2.41. The first-order valence-electron chi connectivity index (χ1n) is 10.3. The maximum Gasteiger partial charge on any atom is 0.229 e. The quantitative estimate of drug-likeness (QED) is 0.212. The minimum Gasteiger partial charge on any atom is -0.495 e. The molecule has 2 heterocycles. The van der Waals surface area contributed by atoms with Crippen LogP contribution in [0.15, 0.2) is 6.07 Å². The van der Waals surface area contributed by atoms with Crippen molar-refractivity contribution in [3.05, 3.63) is 21.7 Å². The maximum absolute atomic E-state index is 10.4. The van der Waals surface area contributed by atoms with Crippen molar-refractivity contribution in [2.45, 2.75) is 68.3 Å². The van der Waals surface area contributed by atoms with E-state index in [1.165, 1.54) is 13.2 Å². The lowest BCUT2D eigenvalue weighted by molar-refractivity contribution is -0.323. The van der Waals surface area contributed by atoms with E-state index in [2.05, 4.69) is 0 Å². The van der Waals surface area contributed by atoms with Crippen molar-refractivity contribution in [2.24, 2.45) is 0 Å². The molecule has 0 spiro atoms. The zero-order valence-electron chi connectivity index (χ0n) is 18.2. The number of hydrogen-bond donors (Lipinski definition) is 7. The average molecular weight is 531 g/mol. The van der Waals surface area contributed by atoms with Crippen LogP contribution >= 0.6 is 23.2 Å². The summed E-state index contributed by atoms with van der Waals surface area (Å²) in [4.78, 5) is 0. The van der Waals surface area contributed by atoms with Gasteiger partial charge in [-0.05, 0) is 12.5 Å². The van der Waals surface area contributed by atoms with E-state index in [-0.39, 0.29) is 21.5 Å². The molecule has 0 radical (unpaired) electrons. The van der Waals surface area contributed by atoms with Gasteiger partial charge in [0.2, 0.25) is 6.29 Å². The van der Waals surface area contributed by atoms with Crippen LogP contribution < -0.4 is 9.47 Å². The summed E-state index contributed by atoms with van der Waals surface area (Å²) in [5.41, 5.74) is 0.436. The molecule has 10 atom stereocenters. The molecule has 7 N–H and O–H groups in total. The zero-order chi connectivity index (χ0) is 25.3. The topological polar surface area (TPSA) is 188 Å². The van der Waals surface area contributed by atoms with Crippen LogP contribution in [0.5, 0.6) is 11.5 Å². The predicted molar refractivity (Wildman–Crippen MR) is 115 cm³/mol. The summed E-state index contributed by atoms with van der Waals surface area (Å²) in [5.74, 6) is 0.272. The van der Waals surface area contributed by atoms with Crippen LogP contribution in [0.1, 0.15) is 5.56 Å². The van der Waals surface area contributed by atoms with E-state index >= 15 is 0 Å². The van der Waals surface area contributed by atoms with Crippen LogP contribution in [0, 0.1) is 6.92 Å². The van der Waals surface area contributed by atoms with Crippen molar-refractivity contribution in [3.63, 3.8) is 0 Å². The lowest BCUT2D eigenvalue weighted by atomic mass is 9.98. The van der Waals surface area contributed by atoms with Crippen LogP contribution in [0.3, 0.4) is 0 Å². The fourth-order valence-electron chi connectivity index (χ4n) is 3.62. The Morgan fingerprint density at radius 2 is 1.32 bits per heavy atom. The van der Waals surface area contributed by atoms with E-state index in [9.17, 15) is 35.7 Å². The van der Waals surface area contributed by atoms with Gasteiger partial charge in [-0.1, -0.05) is 23.2 Å². The average Bonchev–Trinajstić information content (AvgIpc) is 2.83. The van der Waals surface area contributed by atoms with Gasteiger partial charge in [0, 0.05) is 6.07 Å². The molecule has 194 valence electrons. The van der Waals surface area contributed by atoms with Gasteiger partial charge in [0.1, 0.15) is 60.3 Å². The lowest BCUT2D eigenvalue weighted by Gasteiger charge is -2.42. The van der Waals surface area contributed by atoms with Gasteiger partial charge in [-0.25, -0.2) is 0 Å². The molecule has 2 saturated heterocycles. The minimum atomic E-state index is -1.71. The summed E-state index contributed by atoms with van der Waals surface area (Å²) in [6, 6.07) is 1.37. The summed E-state index contributed by atoms with van der Waals surface area (Å²) >= 11 is 12.4. The molecule has 0 saturated carbocycles. The van der Waals surface area contributed by atoms with Crippen molar-refractivity contribution >= 4 is 23.2 Å². The number of hydrogen-bond acceptors (Lipinski definition) is 12. The van der Waals surface area contributed by atoms with Crippen molar-refractivity contribution in [3.8, 4) is 11.5 Å². The summed E-state index contributed by atoms with van der Waals surface area (Å²) in [6.07, 6.45) is -15.4. The first-order valence-corrected chi connectivity index (χ1v) is 11.1. The Morgan fingerprint density at radius 1 is 0.794 bits per heavy atom. The molecule has 0 aromatic heterocycles. The van der Waals surface area contributed by atoms with E-state index < -0.39 is 74.6 Å². The summed E-state index contributed by atoms with van der Waals surface area (Å²) < 4.78 is 27.0. The fraction of sp³-hybridized carbons (Fsp3) is 0.700. The first-order chi connectivity index (χ1) is 16.0. The van der Waals surface area contributed by atoms with Crippen LogP contribution in [0.25, 0.3) is 0 Å².